The van der Waals surface area contributed by atoms with Crippen LogP contribution in [0.4, 0.5) is 0 Å². The van der Waals surface area contributed by atoms with Crippen molar-refractivity contribution in [2.45, 2.75) is 0 Å². The summed E-state index contributed by atoms with van der Waals surface area (Å²) in [6, 6.07) is 74.4. The van der Waals surface area contributed by atoms with E-state index in [1.807, 2.05) is 6.07 Å². The van der Waals surface area contributed by atoms with Gasteiger partial charge in [0.25, 0.3) is 0 Å². The lowest BCUT2D eigenvalue weighted by atomic mass is 10.0. The van der Waals surface area contributed by atoms with E-state index in [1.165, 1.54) is 60.5 Å². The second-order valence-electron chi connectivity index (χ2n) is 14.9. The smallest absolute Gasteiger partial charge is 0.138 e. The molecule has 0 radical (unpaired) electrons. The first-order valence-corrected chi connectivity index (χ1v) is 19.5. The van der Waals surface area contributed by atoms with Crippen molar-refractivity contribution in [3.63, 3.8) is 0 Å². The molecule has 3 heterocycles. The Kier molecular flexibility index (Phi) is 6.93. The second kappa shape index (κ2) is 12.5. The highest BCUT2D eigenvalue weighted by atomic mass is 16.3. The van der Waals surface area contributed by atoms with Gasteiger partial charge in [0.2, 0.25) is 0 Å². The van der Waals surface area contributed by atoms with Gasteiger partial charge in [0, 0.05) is 32.5 Å². The van der Waals surface area contributed by atoms with Gasteiger partial charge in [-0.25, -0.2) is 0 Å². The van der Waals surface area contributed by atoms with Gasteiger partial charge in [-0.15, -0.1) is 0 Å². The van der Waals surface area contributed by atoms with E-state index in [2.05, 4.69) is 209 Å². The summed E-state index contributed by atoms with van der Waals surface area (Å²) in [4.78, 5) is 0. The van der Waals surface area contributed by atoms with Crippen LogP contribution in [-0.2, 0) is 0 Å². The predicted octanol–water partition coefficient (Wildman–Crippen LogP) is 14.8. The molecule has 0 N–H and O–H groups in total. The van der Waals surface area contributed by atoms with Crippen molar-refractivity contribution < 1.29 is 4.42 Å². The van der Waals surface area contributed by atoms with Crippen LogP contribution in [0.1, 0.15) is 0 Å². The number of fused-ring (bicyclic) bond motifs is 9. The van der Waals surface area contributed by atoms with Crippen molar-refractivity contribution in [1.82, 2.24) is 9.13 Å². The summed E-state index contributed by atoms with van der Waals surface area (Å²) in [5, 5.41) is 7.13. The van der Waals surface area contributed by atoms with Crippen LogP contribution < -0.4 is 0 Å². The van der Waals surface area contributed by atoms with E-state index in [9.17, 15) is 0 Å². The zero-order chi connectivity index (χ0) is 37.5. The minimum atomic E-state index is 0.880. The second-order valence-corrected chi connectivity index (χ2v) is 14.9. The van der Waals surface area contributed by atoms with Crippen molar-refractivity contribution in [3.05, 3.63) is 206 Å². The highest BCUT2D eigenvalue weighted by molar-refractivity contribution is 6.16. The van der Waals surface area contributed by atoms with Crippen LogP contribution in [-0.4, -0.2) is 9.13 Å². The average molecular weight is 727 g/mol. The van der Waals surface area contributed by atoms with Crippen LogP contribution in [0.3, 0.4) is 0 Å². The molecular weight excluding hydrogens is 693 g/mol. The molecule has 12 rings (SSSR count). The van der Waals surface area contributed by atoms with Crippen molar-refractivity contribution in [2.24, 2.45) is 0 Å². The molecule has 0 bridgehead atoms. The van der Waals surface area contributed by atoms with E-state index in [4.69, 9.17) is 4.42 Å². The van der Waals surface area contributed by atoms with Gasteiger partial charge < -0.3 is 13.6 Å². The molecule has 12 aromatic rings. The maximum atomic E-state index is 6.60. The average Bonchev–Trinajstić information content (AvgIpc) is 3.94. The number of hydrogen-bond acceptors (Lipinski definition) is 1. The molecule has 0 amide bonds. The third kappa shape index (κ3) is 4.86. The molecule has 0 unspecified atom stereocenters. The van der Waals surface area contributed by atoms with Crippen LogP contribution in [0, 0.1) is 0 Å². The molecule has 0 fully saturated rings. The largest absolute Gasteiger partial charge is 0.456 e. The lowest BCUT2D eigenvalue weighted by Gasteiger charge is -2.14. The van der Waals surface area contributed by atoms with Crippen LogP contribution >= 0.6 is 0 Å². The summed E-state index contributed by atoms with van der Waals surface area (Å²) in [5.41, 5.74) is 15.8. The van der Waals surface area contributed by atoms with Crippen LogP contribution in [0.5, 0.6) is 0 Å². The molecule has 57 heavy (non-hydrogen) atoms. The van der Waals surface area contributed by atoms with E-state index < -0.39 is 0 Å². The maximum absolute atomic E-state index is 6.60. The molecule has 0 spiro atoms. The molecule has 0 aliphatic carbocycles. The van der Waals surface area contributed by atoms with Crippen LogP contribution in [0.15, 0.2) is 211 Å². The minimum absolute atomic E-state index is 0.880. The third-order valence-corrected chi connectivity index (χ3v) is 11.7. The summed E-state index contributed by atoms with van der Waals surface area (Å²) >= 11 is 0. The van der Waals surface area contributed by atoms with E-state index in [-0.39, 0.29) is 0 Å². The summed E-state index contributed by atoms with van der Waals surface area (Å²) in [6.45, 7) is 0. The van der Waals surface area contributed by atoms with Gasteiger partial charge >= 0.3 is 0 Å². The van der Waals surface area contributed by atoms with E-state index >= 15 is 0 Å². The predicted molar refractivity (Wildman–Crippen MR) is 239 cm³/mol. The van der Waals surface area contributed by atoms with Crippen molar-refractivity contribution in [2.75, 3.05) is 0 Å². The maximum Gasteiger partial charge on any atom is 0.138 e. The van der Waals surface area contributed by atoms with Gasteiger partial charge in [-0.2, -0.15) is 0 Å². The van der Waals surface area contributed by atoms with Gasteiger partial charge in [0.15, 0.2) is 0 Å². The molecule has 0 aliphatic heterocycles. The Morgan fingerprint density at radius 3 is 1.63 bits per heavy atom. The number of furan rings is 1. The Morgan fingerprint density at radius 2 is 0.842 bits per heavy atom. The zero-order valence-electron chi connectivity index (χ0n) is 30.9. The lowest BCUT2D eigenvalue weighted by Crippen LogP contribution is -1.97. The molecule has 0 saturated heterocycles. The van der Waals surface area contributed by atoms with Gasteiger partial charge in [-0.3, -0.25) is 0 Å². The monoisotopic (exact) mass is 726 g/mol. The van der Waals surface area contributed by atoms with Crippen LogP contribution in [0.25, 0.3) is 110 Å². The number of para-hydroxylation sites is 4. The summed E-state index contributed by atoms with van der Waals surface area (Å²) in [7, 11) is 0. The lowest BCUT2D eigenvalue weighted by molar-refractivity contribution is 0.669. The highest BCUT2D eigenvalue weighted by Crippen LogP contribution is 2.43. The molecule has 0 saturated carbocycles. The Labute approximate surface area is 328 Å². The molecule has 0 atom stereocenters. The summed E-state index contributed by atoms with van der Waals surface area (Å²) in [5.74, 6) is 0. The molecule has 3 heteroatoms. The fourth-order valence-electron chi connectivity index (χ4n) is 9.16. The normalized spacial score (nSPS) is 11.9. The fourth-order valence-corrected chi connectivity index (χ4v) is 9.16. The van der Waals surface area contributed by atoms with Crippen molar-refractivity contribution >= 4 is 65.6 Å². The van der Waals surface area contributed by atoms with Crippen molar-refractivity contribution in [1.29, 1.82) is 0 Å². The molecule has 9 aromatic carbocycles. The number of hydrogen-bond donors (Lipinski definition) is 0. The molecular formula is C54H34N2O. The van der Waals surface area contributed by atoms with Crippen LogP contribution in [0.2, 0.25) is 0 Å². The summed E-state index contributed by atoms with van der Waals surface area (Å²) in [6.07, 6.45) is 0. The quantitative estimate of drug-likeness (QED) is 0.173. The third-order valence-electron chi connectivity index (χ3n) is 11.7. The first kappa shape index (κ1) is 31.7. The molecule has 266 valence electrons. The first-order valence-electron chi connectivity index (χ1n) is 19.5. The minimum Gasteiger partial charge on any atom is -0.456 e. The standard InChI is InChI=1S/C54H34N2O/c1-3-15-35(16-4-1)39-33-51(54-44-22-10-14-26-52(44)57-53(54)34-39)56-47-24-12-8-20-41(47)43-29-27-38(32-50(43)56)37-28-30-49-45(31-37)42-21-9-13-25-48(42)55(49)46-23-11-7-19-40(46)36-17-5-2-6-18-36/h1-34H. The SMILES string of the molecule is c1ccc(-c2cc(-n3c4ccccc4c4ccc(-c5ccc6c(c5)c5ccccc5n6-c5ccccc5-c5ccccc5)cc43)c3c(c2)oc2ccccc23)cc1. The van der Waals surface area contributed by atoms with E-state index in [0.29, 0.717) is 0 Å². The number of aromatic nitrogens is 2. The van der Waals surface area contributed by atoms with Gasteiger partial charge in [-0.05, 0) is 82.4 Å². The Bertz CT molecular complexity index is 3510. The van der Waals surface area contributed by atoms with Gasteiger partial charge in [0.1, 0.15) is 11.2 Å². The Hall–Kier alpha value is -7.62. The molecule has 0 aliphatic rings. The first-order chi connectivity index (χ1) is 28.3. The number of nitrogens with zero attached hydrogens (tertiary/aromatic N) is 2. The fraction of sp³-hybridized carbons (Fsp3) is 0. The van der Waals surface area contributed by atoms with E-state index in [0.717, 1.165) is 49.8 Å². The highest BCUT2D eigenvalue weighted by Gasteiger charge is 2.21. The van der Waals surface area contributed by atoms with Gasteiger partial charge in [0.05, 0.1) is 38.8 Å². The summed E-state index contributed by atoms with van der Waals surface area (Å²) < 4.78 is 11.5. The number of benzene rings is 9. The van der Waals surface area contributed by atoms with E-state index in [1.54, 1.807) is 0 Å². The van der Waals surface area contributed by atoms with Gasteiger partial charge in [-0.1, -0.05) is 152 Å². The zero-order valence-corrected chi connectivity index (χ0v) is 30.9. The Morgan fingerprint density at radius 1 is 0.281 bits per heavy atom. The Balaban J connectivity index is 1.10. The molecule has 3 nitrogen and oxygen atoms in total. The topological polar surface area (TPSA) is 23.0 Å². The molecule has 3 aromatic heterocycles. The van der Waals surface area contributed by atoms with Crippen molar-refractivity contribution in [3.8, 4) is 44.8 Å². The number of rotatable bonds is 5.